The van der Waals surface area contributed by atoms with E-state index in [0.717, 1.165) is 104 Å². The van der Waals surface area contributed by atoms with Crippen molar-refractivity contribution in [3.05, 3.63) is 118 Å². The average Bonchev–Trinajstić information content (AvgIpc) is 3.73. The fourth-order valence-electron chi connectivity index (χ4n) is 9.30. The zero-order valence-corrected chi connectivity index (χ0v) is 37.6. The van der Waals surface area contributed by atoms with Crippen LogP contribution in [-0.2, 0) is 10.0 Å². The molecule has 2 heterocycles. The molecule has 61 heavy (non-hydrogen) atoms. The molecular weight excluding hydrogens is 804 g/mol. The summed E-state index contributed by atoms with van der Waals surface area (Å²) in [6.45, 7) is 10.9. The smallest absolute Gasteiger partial charge is 0.268 e. The minimum Gasteiger partial charge on any atom is -0.456 e. The maximum atomic E-state index is 14.0. The second-order valence-corrected chi connectivity index (χ2v) is 20.3. The molecule has 1 aliphatic heterocycles. The van der Waals surface area contributed by atoms with E-state index >= 15 is 0 Å². The van der Waals surface area contributed by atoms with Crippen LogP contribution in [0.1, 0.15) is 80.3 Å². The van der Waals surface area contributed by atoms with Crippen LogP contribution in [-0.4, -0.2) is 88.0 Å². The van der Waals surface area contributed by atoms with Gasteiger partial charge in [0.1, 0.15) is 11.5 Å². The number of rotatable bonds is 12. The molecule has 1 saturated carbocycles. The molecule has 8 rings (SSSR count). The molecule has 4 aromatic carbocycles. The first-order chi connectivity index (χ1) is 29.2. The van der Waals surface area contributed by atoms with Crippen LogP contribution in [0.4, 0.5) is 11.4 Å². The van der Waals surface area contributed by atoms with Crippen molar-refractivity contribution in [1.29, 1.82) is 0 Å². The standard InChI is InChI=1S/C49H59ClN6O4S/c1-33-29-40(18-20-44(33)52-37-13-15-38(16-14-37)54(4)5)61(58,59)53-48(57)42-19-17-39(30-47(42)60-46-8-6-7-45-41(46)22-24-51-45)56-27-25-55(26-28-56)32-35-21-23-49(2,3)31-43(35)34-9-11-36(50)12-10-34/h6-12,17-20,22,24,29-30,37-38,51-52H,13-16,21,23,25-28,31-32H2,1-5H3,(H,53,57). The lowest BCUT2D eigenvalue weighted by atomic mass is 9.72. The molecule has 2 fully saturated rings. The van der Waals surface area contributed by atoms with Crippen LogP contribution >= 0.6 is 11.6 Å². The number of hydrogen-bond acceptors (Lipinski definition) is 8. The summed E-state index contributed by atoms with van der Waals surface area (Å²) in [5.74, 6) is 0.0844. The molecule has 0 bridgehead atoms. The Morgan fingerprint density at radius 2 is 1.67 bits per heavy atom. The quantitative estimate of drug-likeness (QED) is 0.114. The van der Waals surface area contributed by atoms with Crippen molar-refractivity contribution in [3.8, 4) is 11.5 Å². The summed E-state index contributed by atoms with van der Waals surface area (Å²) >= 11 is 6.26. The monoisotopic (exact) mass is 862 g/mol. The molecule has 3 N–H and O–H groups in total. The van der Waals surface area contributed by atoms with Gasteiger partial charge in [0.05, 0.1) is 10.5 Å². The van der Waals surface area contributed by atoms with Gasteiger partial charge in [-0.1, -0.05) is 49.2 Å². The molecule has 3 aliphatic rings. The SMILES string of the molecule is Cc1cc(S(=O)(=O)NC(=O)c2ccc(N3CCN(CC4=C(c5ccc(Cl)cc5)CC(C)(C)CC4)CC3)cc2Oc2cccc3[nH]ccc23)ccc1NC1CCC(N(C)C)CC1. The second-order valence-electron chi connectivity index (χ2n) is 18.2. The molecule has 10 nitrogen and oxygen atoms in total. The van der Waals surface area contributed by atoms with Gasteiger partial charge in [0, 0.05) is 84.4 Å². The Bertz CT molecular complexity index is 2520. The number of sulfonamides is 1. The maximum absolute atomic E-state index is 14.0. The summed E-state index contributed by atoms with van der Waals surface area (Å²) in [7, 11) is 0.0512. The Morgan fingerprint density at radius 3 is 2.39 bits per heavy atom. The average molecular weight is 864 g/mol. The van der Waals surface area contributed by atoms with Gasteiger partial charge < -0.3 is 24.8 Å². The number of allylic oxidation sites excluding steroid dienone is 1. The van der Waals surface area contributed by atoms with Crippen molar-refractivity contribution < 1.29 is 17.9 Å². The normalized spacial score (nSPS) is 20.0. The van der Waals surface area contributed by atoms with Crippen LogP contribution < -0.4 is 19.7 Å². The highest BCUT2D eigenvalue weighted by Crippen LogP contribution is 2.43. The number of anilines is 2. The topological polar surface area (TPSA) is 110 Å². The van der Waals surface area contributed by atoms with Crippen molar-refractivity contribution in [1.82, 2.24) is 19.5 Å². The Kier molecular flexibility index (Phi) is 12.6. The van der Waals surface area contributed by atoms with E-state index in [-0.39, 0.29) is 21.6 Å². The fourth-order valence-corrected chi connectivity index (χ4v) is 10.5. The van der Waals surface area contributed by atoms with E-state index in [1.54, 1.807) is 24.3 Å². The molecule has 0 spiro atoms. The number of halogens is 1. The van der Waals surface area contributed by atoms with Crippen molar-refractivity contribution >= 4 is 55.4 Å². The van der Waals surface area contributed by atoms with Crippen LogP contribution in [0.15, 0.2) is 102 Å². The highest BCUT2D eigenvalue weighted by Gasteiger charge is 2.30. The molecular formula is C49H59ClN6O4S. The Morgan fingerprint density at radius 1 is 0.918 bits per heavy atom. The number of hydrogen-bond donors (Lipinski definition) is 3. The van der Waals surface area contributed by atoms with E-state index in [4.69, 9.17) is 16.3 Å². The second kappa shape index (κ2) is 17.9. The predicted octanol–water partition coefficient (Wildman–Crippen LogP) is 10.1. The molecule has 5 aromatic rings. The summed E-state index contributed by atoms with van der Waals surface area (Å²) in [5, 5.41) is 5.24. The number of piperazine rings is 1. The number of nitrogens with zero attached hydrogens (tertiary/aromatic N) is 3. The molecule has 1 aromatic heterocycles. The van der Waals surface area contributed by atoms with Crippen LogP contribution in [0.2, 0.25) is 5.02 Å². The van der Waals surface area contributed by atoms with Crippen LogP contribution in [0.3, 0.4) is 0 Å². The van der Waals surface area contributed by atoms with Gasteiger partial charge in [-0.3, -0.25) is 9.69 Å². The van der Waals surface area contributed by atoms with Crippen molar-refractivity contribution in [2.45, 2.75) is 82.7 Å². The Hall–Kier alpha value is -4.81. The molecule has 0 unspecified atom stereocenters. The van der Waals surface area contributed by atoms with E-state index in [0.29, 0.717) is 17.8 Å². The van der Waals surface area contributed by atoms with Crippen LogP contribution in [0.5, 0.6) is 11.5 Å². The number of aromatic nitrogens is 1. The Labute approximate surface area is 366 Å². The van der Waals surface area contributed by atoms with E-state index in [2.05, 4.69) is 69.8 Å². The molecule has 1 amide bonds. The first kappa shape index (κ1) is 42.9. The molecule has 322 valence electrons. The summed E-state index contributed by atoms with van der Waals surface area (Å²) in [6, 6.07) is 27.3. The van der Waals surface area contributed by atoms with E-state index in [1.165, 1.54) is 23.1 Å². The predicted molar refractivity (Wildman–Crippen MR) is 249 cm³/mol. The number of aryl methyl sites for hydroxylation is 1. The van der Waals surface area contributed by atoms with Crippen molar-refractivity contribution in [3.63, 3.8) is 0 Å². The van der Waals surface area contributed by atoms with Crippen LogP contribution in [0.25, 0.3) is 16.5 Å². The third-order valence-corrected chi connectivity index (χ3v) is 14.6. The van der Waals surface area contributed by atoms with Crippen molar-refractivity contribution in [2.24, 2.45) is 5.41 Å². The van der Waals surface area contributed by atoms with E-state index in [1.807, 2.05) is 61.7 Å². The third-order valence-electron chi connectivity index (χ3n) is 13.0. The zero-order chi connectivity index (χ0) is 42.9. The highest BCUT2D eigenvalue weighted by atomic mass is 35.5. The van der Waals surface area contributed by atoms with Gasteiger partial charge in [-0.05, 0) is 149 Å². The van der Waals surface area contributed by atoms with Gasteiger partial charge in [0.2, 0.25) is 0 Å². The minimum atomic E-state index is -4.21. The van der Waals surface area contributed by atoms with E-state index < -0.39 is 15.9 Å². The van der Waals surface area contributed by atoms with Gasteiger partial charge in [-0.15, -0.1) is 0 Å². The number of carbonyl (C=O) groups is 1. The summed E-state index contributed by atoms with van der Waals surface area (Å²) in [4.78, 5) is 24.4. The number of amides is 1. The van der Waals surface area contributed by atoms with Crippen molar-refractivity contribution in [2.75, 3.05) is 57.0 Å². The molecule has 12 heteroatoms. The first-order valence-corrected chi connectivity index (χ1v) is 23.5. The zero-order valence-electron chi connectivity index (χ0n) is 36.1. The number of aromatic amines is 1. The molecule has 0 radical (unpaired) electrons. The molecule has 1 saturated heterocycles. The first-order valence-electron chi connectivity index (χ1n) is 21.6. The lowest BCUT2D eigenvalue weighted by Crippen LogP contribution is -2.47. The number of H-pyrrole nitrogens is 1. The summed E-state index contributed by atoms with van der Waals surface area (Å²) in [5.41, 5.74) is 8.11. The Balaban J connectivity index is 0.987. The number of carbonyl (C=O) groups excluding carboxylic acids is 1. The highest BCUT2D eigenvalue weighted by molar-refractivity contribution is 7.90. The third kappa shape index (κ3) is 9.96. The van der Waals surface area contributed by atoms with Gasteiger partial charge >= 0.3 is 0 Å². The number of nitrogens with one attached hydrogen (secondary N) is 3. The number of benzene rings is 4. The summed E-state index contributed by atoms with van der Waals surface area (Å²) in [6.07, 6.45) is 9.50. The van der Waals surface area contributed by atoms with Gasteiger partial charge in [-0.25, -0.2) is 13.1 Å². The number of fused-ring (bicyclic) bond motifs is 1. The number of ether oxygens (including phenoxy) is 1. The van der Waals surface area contributed by atoms with Gasteiger partial charge in [0.15, 0.2) is 0 Å². The summed E-state index contributed by atoms with van der Waals surface area (Å²) < 4.78 is 36.5. The minimum absolute atomic E-state index is 0.0299. The maximum Gasteiger partial charge on any atom is 0.268 e. The van der Waals surface area contributed by atoms with Gasteiger partial charge in [0.25, 0.3) is 15.9 Å². The van der Waals surface area contributed by atoms with E-state index in [9.17, 15) is 13.2 Å². The van der Waals surface area contributed by atoms with Gasteiger partial charge in [-0.2, -0.15) is 0 Å². The lowest BCUT2D eigenvalue weighted by Gasteiger charge is -2.39. The molecule has 0 atom stereocenters. The fraction of sp³-hybridized carbons (Fsp3) is 0.408. The largest absolute Gasteiger partial charge is 0.456 e. The van der Waals surface area contributed by atoms with Crippen LogP contribution in [0, 0.1) is 12.3 Å². The molecule has 2 aliphatic carbocycles. The lowest BCUT2D eigenvalue weighted by molar-refractivity contribution is 0.0979.